The van der Waals surface area contributed by atoms with Crippen molar-refractivity contribution in [3.63, 3.8) is 0 Å². The summed E-state index contributed by atoms with van der Waals surface area (Å²) >= 11 is 0. The number of hydrogen-bond acceptors (Lipinski definition) is 5. The van der Waals surface area contributed by atoms with Crippen LogP contribution in [0.3, 0.4) is 0 Å². The predicted octanol–water partition coefficient (Wildman–Crippen LogP) is 6.17. The molecule has 1 saturated carbocycles. The largest absolute Gasteiger partial charge is 0.412 e. The van der Waals surface area contributed by atoms with E-state index < -0.39 is 22.7 Å². The quantitative estimate of drug-likeness (QED) is 0.164. The molecule has 3 rings (SSSR count). The number of carbonyl (C=O) groups excluding carboxylic acids is 1. The maximum absolute atomic E-state index is 12.8. The molecule has 5 nitrogen and oxygen atoms in total. The van der Waals surface area contributed by atoms with Gasteiger partial charge in [-0.25, -0.2) is 0 Å². The zero-order valence-electron chi connectivity index (χ0n) is 25.7. The van der Waals surface area contributed by atoms with Crippen molar-refractivity contribution < 1.29 is 23.1 Å². The fourth-order valence-electron chi connectivity index (χ4n) is 5.57. The third kappa shape index (κ3) is 7.00. The first-order valence-electron chi connectivity index (χ1n) is 14.2. The molecule has 0 aliphatic heterocycles. The molecule has 2 aromatic carbocycles. The zero-order chi connectivity index (χ0) is 29.1. The lowest BCUT2D eigenvalue weighted by Crippen LogP contribution is -2.68. The first-order chi connectivity index (χ1) is 18.2. The number of benzene rings is 2. The molecule has 0 radical (unpaired) electrons. The van der Waals surface area contributed by atoms with Gasteiger partial charge in [-0.1, -0.05) is 102 Å². The van der Waals surface area contributed by atoms with Crippen molar-refractivity contribution in [2.75, 3.05) is 13.9 Å². The van der Waals surface area contributed by atoms with Gasteiger partial charge in [0.1, 0.15) is 19.2 Å². The molecule has 1 fully saturated rings. The average Bonchev–Trinajstić information content (AvgIpc) is 3.65. The zero-order valence-corrected chi connectivity index (χ0v) is 27.7. The minimum atomic E-state index is -2.86. The van der Waals surface area contributed by atoms with Crippen molar-refractivity contribution in [3.8, 4) is 0 Å². The molecule has 39 heavy (non-hydrogen) atoms. The maximum atomic E-state index is 12.8. The Hall–Kier alpha value is -1.62. The van der Waals surface area contributed by atoms with E-state index in [2.05, 4.69) is 110 Å². The van der Waals surface area contributed by atoms with Crippen molar-refractivity contribution in [3.05, 3.63) is 60.7 Å². The lowest BCUT2D eigenvalue weighted by atomic mass is 10.1. The summed E-state index contributed by atoms with van der Waals surface area (Å²) in [7, 11) is -3.23. The lowest BCUT2D eigenvalue weighted by Gasteiger charge is -2.44. The van der Waals surface area contributed by atoms with Crippen LogP contribution in [0.25, 0.3) is 0 Å². The van der Waals surface area contributed by atoms with E-state index in [1.54, 1.807) is 7.11 Å². The van der Waals surface area contributed by atoms with Crippen LogP contribution < -0.4 is 10.4 Å². The highest BCUT2D eigenvalue weighted by atomic mass is 28.4. The molecule has 0 aromatic heterocycles. The first-order valence-corrected chi connectivity index (χ1v) is 19.0. The summed E-state index contributed by atoms with van der Waals surface area (Å²) in [6.45, 7) is 20.3. The van der Waals surface area contributed by atoms with Crippen molar-refractivity contribution in [2.24, 2.45) is 11.8 Å². The van der Waals surface area contributed by atoms with Crippen LogP contribution in [0.4, 0.5) is 0 Å². The Morgan fingerprint density at radius 2 is 1.36 bits per heavy atom. The SMILES string of the molecule is COCO[C@H]([C@H]1C[C@@H]1[C@@H](C=O)O[Si](c1ccccc1)(c1ccccc1)C(C)(C)C)[C@@H](C)O[Si](C)(C)C(C)(C)C. The molecule has 7 heteroatoms. The van der Waals surface area contributed by atoms with Crippen molar-refractivity contribution >= 4 is 33.3 Å². The summed E-state index contributed by atoms with van der Waals surface area (Å²) in [6.07, 6.45) is 1.07. The number of carbonyl (C=O) groups is 1. The predicted molar refractivity (Wildman–Crippen MR) is 165 cm³/mol. The standard InChI is InChI=1S/C32H50O5Si2/c1-24(36-38(9,10)31(2,3)4)30(35-23-34-8)28-21-27(28)29(22-33)37-39(32(5,6)7,25-17-13-11-14-18-25)26-19-15-12-16-20-26/h11-20,22,24,27-30H,21,23H2,1-10H3/t24-,27+,28+,29-,30+/m1/s1. The van der Waals surface area contributed by atoms with Gasteiger partial charge < -0.3 is 23.1 Å². The van der Waals surface area contributed by atoms with Crippen molar-refractivity contribution in [1.29, 1.82) is 0 Å². The number of rotatable bonds is 13. The summed E-state index contributed by atoms with van der Waals surface area (Å²) in [5.41, 5.74) is 0. The van der Waals surface area contributed by atoms with Crippen LogP contribution in [0, 0.1) is 11.8 Å². The van der Waals surface area contributed by atoms with Crippen LogP contribution in [0.1, 0.15) is 54.9 Å². The van der Waals surface area contributed by atoms with Crippen LogP contribution in [-0.2, 0) is 23.1 Å². The smallest absolute Gasteiger partial charge is 0.262 e. The Labute approximate surface area is 238 Å². The molecule has 5 atom stereocenters. The normalized spacial score (nSPS) is 20.8. The van der Waals surface area contributed by atoms with Gasteiger partial charge in [0.2, 0.25) is 0 Å². The van der Waals surface area contributed by atoms with Crippen LogP contribution in [-0.4, -0.2) is 55.1 Å². The minimum absolute atomic E-state index is 0.0662. The van der Waals surface area contributed by atoms with Crippen LogP contribution in [0.5, 0.6) is 0 Å². The maximum Gasteiger partial charge on any atom is 0.262 e. The molecule has 0 bridgehead atoms. The van der Waals surface area contributed by atoms with E-state index in [1.165, 1.54) is 10.4 Å². The van der Waals surface area contributed by atoms with Gasteiger partial charge in [-0.3, -0.25) is 0 Å². The van der Waals surface area contributed by atoms with Crippen molar-refractivity contribution in [2.45, 2.75) is 96.4 Å². The van der Waals surface area contributed by atoms with Gasteiger partial charge in [0.25, 0.3) is 8.32 Å². The van der Waals surface area contributed by atoms with E-state index >= 15 is 0 Å². The first kappa shape index (κ1) is 31.9. The van der Waals surface area contributed by atoms with Crippen LogP contribution >= 0.6 is 0 Å². The molecule has 1 aliphatic rings. The number of methoxy groups -OCH3 is 1. The summed E-state index contributed by atoms with van der Waals surface area (Å²) in [6, 6.07) is 21.0. The van der Waals surface area contributed by atoms with Crippen LogP contribution in [0.2, 0.25) is 23.2 Å². The molecule has 0 amide bonds. The van der Waals surface area contributed by atoms with E-state index in [-0.39, 0.29) is 40.9 Å². The van der Waals surface area contributed by atoms with Gasteiger partial charge in [0.15, 0.2) is 8.32 Å². The molecule has 0 N–H and O–H groups in total. The van der Waals surface area contributed by atoms with E-state index in [1.807, 2.05) is 12.1 Å². The van der Waals surface area contributed by atoms with E-state index in [0.29, 0.717) is 0 Å². The molecule has 216 valence electrons. The second-order valence-electron chi connectivity index (χ2n) is 13.6. The number of ether oxygens (including phenoxy) is 2. The Kier molecular flexibility index (Phi) is 10.2. The highest BCUT2D eigenvalue weighted by Gasteiger charge is 2.57. The molecule has 0 spiro atoms. The lowest BCUT2D eigenvalue weighted by molar-refractivity contribution is -0.121. The molecule has 0 heterocycles. The molecular weight excluding hydrogens is 521 g/mol. The molecule has 1 aliphatic carbocycles. The van der Waals surface area contributed by atoms with Gasteiger partial charge in [0, 0.05) is 7.11 Å². The summed E-state index contributed by atoms with van der Waals surface area (Å²) in [4.78, 5) is 12.8. The Balaban J connectivity index is 1.95. The highest BCUT2D eigenvalue weighted by Crippen LogP contribution is 2.49. The van der Waals surface area contributed by atoms with E-state index in [0.717, 1.165) is 12.7 Å². The Bertz CT molecular complexity index is 1010. The van der Waals surface area contributed by atoms with E-state index in [4.69, 9.17) is 18.3 Å². The third-order valence-corrected chi connectivity index (χ3v) is 18.3. The number of aldehydes is 1. The fraction of sp³-hybridized carbons (Fsp3) is 0.594. The summed E-state index contributed by atoms with van der Waals surface area (Å²) < 4.78 is 25.5. The van der Waals surface area contributed by atoms with Gasteiger partial charge in [0.05, 0.1) is 12.2 Å². The Morgan fingerprint density at radius 3 is 1.77 bits per heavy atom. The Morgan fingerprint density at radius 1 is 0.846 bits per heavy atom. The van der Waals surface area contributed by atoms with E-state index in [9.17, 15) is 4.79 Å². The molecular formula is C32H50O5Si2. The van der Waals surface area contributed by atoms with Gasteiger partial charge in [-0.2, -0.15) is 0 Å². The molecule has 0 unspecified atom stereocenters. The third-order valence-electron chi connectivity index (χ3n) is 8.73. The topological polar surface area (TPSA) is 54.0 Å². The fourth-order valence-corrected chi connectivity index (χ4v) is 11.6. The van der Waals surface area contributed by atoms with Crippen molar-refractivity contribution in [1.82, 2.24) is 0 Å². The van der Waals surface area contributed by atoms with Crippen LogP contribution in [0.15, 0.2) is 60.7 Å². The second-order valence-corrected chi connectivity index (χ2v) is 22.6. The summed E-state index contributed by atoms with van der Waals surface area (Å²) in [5, 5.41) is 2.24. The van der Waals surface area contributed by atoms with Gasteiger partial charge in [-0.05, 0) is 58.7 Å². The van der Waals surface area contributed by atoms with Gasteiger partial charge in [-0.15, -0.1) is 0 Å². The second kappa shape index (κ2) is 12.5. The van der Waals surface area contributed by atoms with Gasteiger partial charge >= 0.3 is 0 Å². The average molecular weight is 571 g/mol. The highest BCUT2D eigenvalue weighted by molar-refractivity contribution is 6.99. The molecule has 0 saturated heterocycles. The number of hydrogen-bond donors (Lipinski definition) is 0. The molecule has 2 aromatic rings. The summed E-state index contributed by atoms with van der Waals surface area (Å²) in [5.74, 6) is 0.227. The minimum Gasteiger partial charge on any atom is -0.412 e. The monoisotopic (exact) mass is 570 g/mol.